The number of rotatable bonds is 6. The SMILES string of the molecule is CC(C)NCc1cccc(N(C)Cc2nccn2C)n1. The molecule has 0 aliphatic rings. The number of imidazole rings is 1. The third kappa shape index (κ3) is 3.81. The van der Waals surface area contributed by atoms with Crippen LogP contribution in [0.1, 0.15) is 25.4 Å². The van der Waals surface area contributed by atoms with Gasteiger partial charge in [0.2, 0.25) is 0 Å². The molecule has 20 heavy (non-hydrogen) atoms. The fourth-order valence-corrected chi connectivity index (χ4v) is 1.93. The zero-order valence-electron chi connectivity index (χ0n) is 12.7. The largest absolute Gasteiger partial charge is 0.352 e. The van der Waals surface area contributed by atoms with E-state index in [-0.39, 0.29) is 0 Å². The maximum atomic E-state index is 4.68. The van der Waals surface area contributed by atoms with Crippen molar-refractivity contribution in [1.82, 2.24) is 19.9 Å². The number of pyridine rings is 1. The second kappa shape index (κ2) is 6.52. The number of aromatic nitrogens is 3. The second-order valence-corrected chi connectivity index (χ2v) is 5.33. The molecule has 0 unspecified atom stereocenters. The van der Waals surface area contributed by atoms with Crippen LogP contribution in [0.2, 0.25) is 0 Å². The minimum absolute atomic E-state index is 0.464. The van der Waals surface area contributed by atoms with Gasteiger partial charge in [-0.05, 0) is 12.1 Å². The first kappa shape index (κ1) is 14.5. The van der Waals surface area contributed by atoms with Crippen molar-refractivity contribution in [2.24, 2.45) is 7.05 Å². The highest BCUT2D eigenvalue weighted by Gasteiger charge is 2.07. The molecule has 0 aromatic carbocycles. The molecule has 0 saturated carbocycles. The Balaban J connectivity index is 2.04. The van der Waals surface area contributed by atoms with Crippen LogP contribution in [0.4, 0.5) is 5.82 Å². The lowest BCUT2D eigenvalue weighted by Gasteiger charge is -2.18. The molecule has 0 radical (unpaired) electrons. The third-order valence-corrected chi connectivity index (χ3v) is 3.17. The summed E-state index contributed by atoms with van der Waals surface area (Å²) in [6.45, 7) is 5.81. The Hall–Kier alpha value is -1.88. The van der Waals surface area contributed by atoms with Crippen LogP contribution in [-0.2, 0) is 20.1 Å². The Morgan fingerprint density at radius 1 is 1.35 bits per heavy atom. The zero-order chi connectivity index (χ0) is 14.5. The molecular formula is C15H23N5. The van der Waals surface area contributed by atoms with Crippen LogP contribution < -0.4 is 10.2 Å². The van der Waals surface area contributed by atoms with Gasteiger partial charge in [0.15, 0.2) is 0 Å². The van der Waals surface area contributed by atoms with Crippen molar-refractivity contribution >= 4 is 5.82 Å². The summed E-state index contributed by atoms with van der Waals surface area (Å²) < 4.78 is 2.03. The highest BCUT2D eigenvalue weighted by molar-refractivity contribution is 5.38. The van der Waals surface area contributed by atoms with E-state index >= 15 is 0 Å². The summed E-state index contributed by atoms with van der Waals surface area (Å²) in [6, 6.07) is 6.59. The highest BCUT2D eigenvalue weighted by atomic mass is 15.2. The minimum Gasteiger partial charge on any atom is -0.352 e. The van der Waals surface area contributed by atoms with Crippen molar-refractivity contribution in [3.8, 4) is 0 Å². The Bertz CT molecular complexity index is 547. The lowest BCUT2D eigenvalue weighted by Crippen LogP contribution is -2.24. The average molecular weight is 273 g/mol. The highest BCUT2D eigenvalue weighted by Crippen LogP contribution is 2.12. The fraction of sp³-hybridized carbons (Fsp3) is 0.467. The molecule has 0 aliphatic heterocycles. The predicted octanol–water partition coefficient (Wildman–Crippen LogP) is 1.95. The van der Waals surface area contributed by atoms with Crippen molar-refractivity contribution < 1.29 is 0 Å². The van der Waals surface area contributed by atoms with E-state index in [1.807, 2.05) is 43.2 Å². The van der Waals surface area contributed by atoms with Gasteiger partial charge in [0.05, 0.1) is 12.2 Å². The van der Waals surface area contributed by atoms with Gasteiger partial charge in [-0.3, -0.25) is 0 Å². The van der Waals surface area contributed by atoms with Crippen molar-refractivity contribution in [3.63, 3.8) is 0 Å². The first-order valence-electron chi connectivity index (χ1n) is 6.93. The van der Waals surface area contributed by atoms with Crippen LogP contribution in [0, 0.1) is 0 Å². The molecule has 2 heterocycles. The number of nitrogens with one attached hydrogen (secondary N) is 1. The van der Waals surface area contributed by atoms with E-state index in [1.54, 1.807) is 0 Å². The summed E-state index contributed by atoms with van der Waals surface area (Å²) in [5.41, 5.74) is 1.06. The molecule has 1 N–H and O–H groups in total. The number of nitrogens with zero attached hydrogens (tertiary/aromatic N) is 4. The molecule has 0 aliphatic carbocycles. The molecule has 0 saturated heterocycles. The van der Waals surface area contributed by atoms with Gasteiger partial charge in [-0.2, -0.15) is 0 Å². The summed E-state index contributed by atoms with van der Waals surface area (Å²) in [6.07, 6.45) is 3.78. The molecule has 5 heteroatoms. The van der Waals surface area contributed by atoms with E-state index in [1.165, 1.54) is 0 Å². The van der Waals surface area contributed by atoms with Gasteiger partial charge in [0.1, 0.15) is 11.6 Å². The lowest BCUT2D eigenvalue weighted by molar-refractivity contribution is 0.581. The van der Waals surface area contributed by atoms with Crippen molar-refractivity contribution in [2.75, 3.05) is 11.9 Å². The van der Waals surface area contributed by atoms with Gasteiger partial charge >= 0.3 is 0 Å². The van der Waals surface area contributed by atoms with Crippen molar-refractivity contribution in [1.29, 1.82) is 0 Å². The van der Waals surface area contributed by atoms with E-state index in [9.17, 15) is 0 Å². The Morgan fingerprint density at radius 2 is 2.15 bits per heavy atom. The van der Waals surface area contributed by atoms with Gasteiger partial charge in [-0.25, -0.2) is 9.97 Å². The van der Waals surface area contributed by atoms with Gasteiger partial charge in [0.25, 0.3) is 0 Å². The molecule has 0 amide bonds. The topological polar surface area (TPSA) is 46.0 Å². The average Bonchev–Trinajstić information content (AvgIpc) is 2.82. The summed E-state index contributed by atoms with van der Waals surface area (Å²) in [4.78, 5) is 11.1. The lowest BCUT2D eigenvalue weighted by atomic mass is 10.3. The zero-order valence-corrected chi connectivity index (χ0v) is 12.7. The maximum Gasteiger partial charge on any atom is 0.129 e. The van der Waals surface area contributed by atoms with Crippen molar-refractivity contribution in [3.05, 3.63) is 42.1 Å². The Kier molecular flexibility index (Phi) is 4.74. The Morgan fingerprint density at radius 3 is 2.80 bits per heavy atom. The van der Waals surface area contributed by atoms with Crippen molar-refractivity contribution in [2.45, 2.75) is 33.0 Å². The van der Waals surface area contributed by atoms with Crippen LogP contribution in [0.5, 0.6) is 0 Å². The standard InChI is InChI=1S/C15H23N5/c1-12(2)17-10-13-6-5-7-14(18-13)20(4)11-15-16-8-9-19(15)3/h5-9,12,17H,10-11H2,1-4H3. The van der Waals surface area contributed by atoms with Crippen LogP contribution in [-0.4, -0.2) is 27.6 Å². The van der Waals surface area contributed by atoms with Gasteiger partial charge in [-0.15, -0.1) is 0 Å². The van der Waals surface area contributed by atoms with E-state index in [2.05, 4.69) is 40.1 Å². The maximum absolute atomic E-state index is 4.68. The molecule has 0 fully saturated rings. The normalized spacial score (nSPS) is 11.1. The molecule has 2 aromatic rings. The Labute approximate surface area is 120 Å². The van der Waals surface area contributed by atoms with Gasteiger partial charge < -0.3 is 14.8 Å². The van der Waals surface area contributed by atoms with Crippen LogP contribution in [0.3, 0.4) is 0 Å². The number of anilines is 1. The summed E-state index contributed by atoms with van der Waals surface area (Å²) in [7, 11) is 4.04. The van der Waals surface area contributed by atoms with E-state index in [0.29, 0.717) is 6.04 Å². The van der Waals surface area contributed by atoms with E-state index < -0.39 is 0 Å². The summed E-state index contributed by atoms with van der Waals surface area (Å²) in [5.74, 6) is 2.00. The number of hydrogen-bond donors (Lipinski definition) is 1. The van der Waals surface area contributed by atoms with Crippen LogP contribution >= 0.6 is 0 Å². The molecular weight excluding hydrogens is 250 g/mol. The van der Waals surface area contributed by atoms with E-state index in [0.717, 1.165) is 30.4 Å². The molecule has 0 atom stereocenters. The molecule has 108 valence electrons. The molecule has 0 bridgehead atoms. The molecule has 0 spiro atoms. The number of hydrogen-bond acceptors (Lipinski definition) is 4. The second-order valence-electron chi connectivity index (χ2n) is 5.33. The van der Waals surface area contributed by atoms with E-state index in [4.69, 9.17) is 0 Å². The first-order valence-corrected chi connectivity index (χ1v) is 6.93. The quantitative estimate of drug-likeness (QED) is 0.874. The predicted molar refractivity (Wildman–Crippen MR) is 81.5 cm³/mol. The monoisotopic (exact) mass is 273 g/mol. The molecule has 2 rings (SSSR count). The molecule has 2 aromatic heterocycles. The third-order valence-electron chi connectivity index (χ3n) is 3.17. The van der Waals surface area contributed by atoms with Gasteiger partial charge in [0, 0.05) is 39.1 Å². The summed E-state index contributed by atoms with van der Waals surface area (Å²) >= 11 is 0. The smallest absolute Gasteiger partial charge is 0.129 e. The fourth-order valence-electron chi connectivity index (χ4n) is 1.93. The first-order chi connectivity index (χ1) is 9.56. The number of aryl methyl sites for hydroxylation is 1. The van der Waals surface area contributed by atoms with Crippen LogP contribution in [0.25, 0.3) is 0 Å². The summed E-state index contributed by atoms with van der Waals surface area (Å²) in [5, 5.41) is 3.39. The van der Waals surface area contributed by atoms with Crippen LogP contribution in [0.15, 0.2) is 30.6 Å². The molecule has 5 nitrogen and oxygen atoms in total. The minimum atomic E-state index is 0.464. The van der Waals surface area contributed by atoms with Gasteiger partial charge in [-0.1, -0.05) is 19.9 Å².